The van der Waals surface area contributed by atoms with Crippen LogP contribution < -0.4 is 9.47 Å². The van der Waals surface area contributed by atoms with Crippen LogP contribution in [-0.4, -0.2) is 59.4 Å². The van der Waals surface area contributed by atoms with Gasteiger partial charge >= 0.3 is 11.9 Å². The normalized spacial score (nSPS) is 10.3. The molecule has 29 heavy (non-hydrogen) atoms. The number of ether oxygens (including phenoxy) is 6. The molecule has 2 aromatic rings. The highest BCUT2D eigenvalue weighted by Gasteiger charge is 2.08. The second-order valence-electron chi connectivity index (χ2n) is 5.71. The molecule has 0 saturated carbocycles. The van der Waals surface area contributed by atoms with Crippen molar-refractivity contribution in [2.45, 2.75) is 0 Å². The van der Waals surface area contributed by atoms with E-state index in [4.69, 9.17) is 28.4 Å². The smallest absolute Gasteiger partial charge is 0.338 e. The van der Waals surface area contributed by atoms with E-state index in [9.17, 15) is 9.59 Å². The zero-order chi connectivity index (χ0) is 20.9. The van der Waals surface area contributed by atoms with Gasteiger partial charge in [-0.15, -0.1) is 0 Å². The van der Waals surface area contributed by atoms with E-state index < -0.39 is 11.9 Å². The Morgan fingerprint density at radius 1 is 0.621 bits per heavy atom. The molecule has 8 heteroatoms. The Morgan fingerprint density at radius 2 is 1.00 bits per heavy atom. The molecule has 2 aromatic carbocycles. The van der Waals surface area contributed by atoms with Gasteiger partial charge in [0.05, 0.1) is 24.3 Å². The number of methoxy groups -OCH3 is 2. The first kappa shape index (κ1) is 22.2. The van der Waals surface area contributed by atoms with Gasteiger partial charge in [-0.3, -0.25) is 0 Å². The number of benzene rings is 2. The number of rotatable bonds is 12. The fourth-order valence-electron chi connectivity index (χ4n) is 2.14. The van der Waals surface area contributed by atoms with Crippen LogP contribution in [0, 0.1) is 0 Å². The number of carbonyl (C=O) groups excluding carboxylic acids is 2. The van der Waals surface area contributed by atoms with Crippen molar-refractivity contribution < 1.29 is 38.0 Å². The third-order valence-electron chi connectivity index (χ3n) is 3.67. The first-order valence-corrected chi connectivity index (χ1v) is 8.92. The standard InChI is InChI=1S/C21H24O8/c1-24-11-13-26-20(22)16-3-7-18(8-4-16)28-15-29-19-9-5-17(6-10-19)21(23)27-14-12-25-2/h3-10H,11-15H2,1-2H3. The first-order valence-electron chi connectivity index (χ1n) is 8.92. The minimum atomic E-state index is -0.425. The first-order chi connectivity index (χ1) is 14.1. The molecule has 0 aliphatic rings. The SMILES string of the molecule is COCCOC(=O)c1ccc(OCOc2ccc(C(=O)OCCOC)cc2)cc1. The van der Waals surface area contributed by atoms with Gasteiger partial charge in [-0.1, -0.05) is 0 Å². The molecule has 0 aromatic heterocycles. The quantitative estimate of drug-likeness (QED) is 0.303. The third kappa shape index (κ3) is 7.81. The molecule has 0 N–H and O–H groups in total. The van der Waals surface area contributed by atoms with Gasteiger partial charge in [0.25, 0.3) is 0 Å². The van der Waals surface area contributed by atoms with Crippen molar-refractivity contribution in [3.05, 3.63) is 59.7 Å². The molecule has 0 aliphatic carbocycles. The van der Waals surface area contributed by atoms with E-state index in [1.54, 1.807) is 48.5 Å². The lowest BCUT2D eigenvalue weighted by Gasteiger charge is -2.10. The maximum atomic E-state index is 11.8. The summed E-state index contributed by atoms with van der Waals surface area (Å²) in [5.74, 6) is 0.227. The summed E-state index contributed by atoms with van der Waals surface area (Å²) in [6, 6.07) is 13.0. The zero-order valence-electron chi connectivity index (χ0n) is 16.4. The second kappa shape index (κ2) is 12.4. The fraction of sp³-hybridized carbons (Fsp3) is 0.333. The predicted octanol–water partition coefficient (Wildman–Crippen LogP) is 2.71. The van der Waals surface area contributed by atoms with E-state index in [2.05, 4.69) is 0 Å². The summed E-state index contributed by atoms with van der Waals surface area (Å²) in [6.07, 6.45) is 0. The molecule has 0 saturated heterocycles. The molecule has 156 valence electrons. The molecular weight excluding hydrogens is 380 g/mol. The van der Waals surface area contributed by atoms with Crippen molar-refractivity contribution in [1.29, 1.82) is 0 Å². The number of carbonyl (C=O) groups is 2. The average Bonchev–Trinajstić information content (AvgIpc) is 2.75. The Kier molecular flexibility index (Phi) is 9.47. The number of hydrogen-bond acceptors (Lipinski definition) is 8. The lowest BCUT2D eigenvalue weighted by molar-refractivity contribution is 0.0381. The Balaban J connectivity index is 1.75. The van der Waals surface area contributed by atoms with Gasteiger partial charge in [0.1, 0.15) is 24.7 Å². The summed E-state index contributed by atoms with van der Waals surface area (Å²) in [6.45, 7) is 1.06. The van der Waals surface area contributed by atoms with Gasteiger partial charge in [-0.25, -0.2) is 9.59 Å². The van der Waals surface area contributed by atoms with Crippen LogP contribution in [0.1, 0.15) is 20.7 Å². The van der Waals surface area contributed by atoms with Crippen molar-refractivity contribution in [3.8, 4) is 11.5 Å². The monoisotopic (exact) mass is 404 g/mol. The molecule has 0 fully saturated rings. The lowest BCUT2D eigenvalue weighted by atomic mass is 10.2. The minimum absolute atomic E-state index is 0.0325. The molecule has 0 spiro atoms. The van der Waals surface area contributed by atoms with Gasteiger partial charge in [0, 0.05) is 14.2 Å². The fourth-order valence-corrected chi connectivity index (χ4v) is 2.14. The van der Waals surface area contributed by atoms with Gasteiger partial charge in [0.15, 0.2) is 0 Å². The van der Waals surface area contributed by atoms with Gasteiger partial charge in [-0.2, -0.15) is 0 Å². The largest absolute Gasteiger partial charge is 0.460 e. The predicted molar refractivity (Wildman–Crippen MR) is 103 cm³/mol. The lowest BCUT2D eigenvalue weighted by Crippen LogP contribution is -2.10. The van der Waals surface area contributed by atoms with Gasteiger partial charge in [-0.05, 0) is 48.5 Å². The van der Waals surface area contributed by atoms with E-state index >= 15 is 0 Å². The van der Waals surface area contributed by atoms with Crippen molar-refractivity contribution in [2.24, 2.45) is 0 Å². The van der Waals surface area contributed by atoms with E-state index in [1.807, 2.05) is 0 Å². The molecule has 0 unspecified atom stereocenters. The zero-order valence-corrected chi connectivity index (χ0v) is 16.4. The molecule has 8 nitrogen and oxygen atoms in total. The summed E-state index contributed by atoms with van der Waals surface area (Å²) in [7, 11) is 3.07. The molecule has 0 aliphatic heterocycles. The molecule has 0 bridgehead atoms. The molecule has 0 atom stereocenters. The number of hydrogen-bond donors (Lipinski definition) is 0. The van der Waals surface area contributed by atoms with E-state index in [1.165, 1.54) is 14.2 Å². The topological polar surface area (TPSA) is 89.5 Å². The molecule has 0 radical (unpaired) electrons. The summed E-state index contributed by atoms with van der Waals surface area (Å²) in [5.41, 5.74) is 0.838. The van der Waals surface area contributed by atoms with Crippen molar-refractivity contribution in [3.63, 3.8) is 0 Å². The Labute approximate surface area is 169 Å². The van der Waals surface area contributed by atoms with Crippen LogP contribution in [0.4, 0.5) is 0 Å². The highest BCUT2D eigenvalue weighted by Crippen LogP contribution is 2.16. The Bertz CT molecular complexity index is 690. The summed E-state index contributed by atoms with van der Waals surface area (Å²) >= 11 is 0. The highest BCUT2D eigenvalue weighted by atomic mass is 16.7. The summed E-state index contributed by atoms with van der Waals surface area (Å²) < 4.78 is 30.7. The maximum absolute atomic E-state index is 11.8. The molecule has 2 rings (SSSR count). The van der Waals surface area contributed by atoms with Crippen LogP contribution in [0.25, 0.3) is 0 Å². The highest BCUT2D eigenvalue weighted by molar-refractivity contribution is 5.90. The Morgan fingerprint density at radius 3 is 1.34 bits per heavy atom. The Hall–Kier alpha value is -3.10. The van der Waals surface area contributed by atoms with E-state index in [-0.39, 0.29) is 20.0 Å². The van der Waals surface area contributed by atoms with Crippen molar-refractivity contribution in [1.82, 2.24) is 0 Å². The van der Waals surface area contributed by atoms with E-state index in [0.717, 1.165) is 0 Å². The molecule has 0 heterocycles. The van der Waals surface area contributed by atoms with Crippen LogP contribution in [0.5, 0.6) is 11.5 Å². The maximum Gasteiger partial charge on any atom is 0.338 e. The van der Waals surface area contributed by atoms with Crippen LogP contribution in [0.15, 0.2) is 48.5 Å². The van der Waals surface area contributed by atoms with Crippen LogP contribution >= 0.6 is 0 Å². The number of esters is 2. The van der Waals surface area contributed by atoms with Crippen LogP contribution in [-0.2, 0) is 18.9 Å². The van der Waals surface area contributed by atoms with Crippen LogP contribution in [0.3, 0.4) is 0 Å². The van der Waals surface area contributed by atoms with Crippen molar-refractivity contribution in [2.75, 3.05) is 47.4 Å². The molecule has 0 amide bonds. The summed E-state index contributed by atoms with van der Waals surface area (Å²) in [5, 5.41) is 0. The summed E-state index contributed by atoms with van der Waals surface area (Å²) in [4.78, 5) is 23.6. The molecular formula is C21H24O8. The van der Waals surface area contributed by atoms with Gasteiger partial charge < -0.3 is 28.4 Å². The van der Waals surface area contributed by atoms with Crippen LogP contribution in [0.2, 0.25) is 0 Å². The third-order valence-corrected chi connectivity index (χ3v) is 3.67. The van der Waals surface area contributed by atoms with Gasteiger partial charge in [0.2, 0.25) is 6.79 Å². The van der Waals surface area contributed by atoms with Crippen molar-refractivity contribution >= 4 is 11.9 Å². The minimum Gasteiger partial charge on any atom is -0.460 e. The van der Waals surface area contributed by atoms with E-state index in [0.29, 0.717) is 35.8 Å². The second-order valence-corrected chi connectivity index (χ2v) is 5.71. The average molecular weight is 404 g/mol.